The smallest absolute Gasteiger partial charge is 0.286 e. The van der Waals surface area contributed by atoms with Gasteiger partial charge in [-0.3, -0.25) is 9.13 Å². The van der Waals surface area contributed by atoms with Gasteiger partial charge < -0.3 is 0 Å². The van der Waals surface area contributed by atoms with Crippen LogP contribution in [0.4, 0.5) is 0 Å². The van der Waals surface area contributed by atoms with E-state index in [1.807, 2.05) is 36.4 Å². The molecular formula is C14H12BrN3O. The van der Waals surface area contributed by atoms with Gasteiger partial charge in [0.1, 0.15) is 0 Å². The number of benzene rings is 1. The molecule has 0 radical (unpaired) electrons. The molecule has 2 aromatic heterocycles. The molecule has 0 fully saturated rings. The molecule has 0 unspecified atom stereocenters. The first kappa shape index (κ1) is 12.2. The van der Waals surface area contributed by atoms with Crippen LogP contribution in [0.15, 0.2) is 51.9 Å². The monoisotopic (exact) mass is 317 g/mol. The third-order valence-corrected chi connectivity index (χ3v) is 3.56. The van der Waals surface area contributed by atoms with Crippen molar-refractivity contribution in [2.75, 3.05) is 0 Å². The van der Waals surface area contributed by atoms with Gasteiger partial charge in [-0.1, -0.05) is 30.3 Å². The number of pyridine rings is 1. The van der Waals surface area contributed by atoms with Gasteiger partial charge in [-0.25, -0.2) is 9.78 Å². The summed E-state index contributed by atoms with van der Waals surface area (Å²) in [5, 5.41) is 0. The van der Waals surface area contributed by atoms with Crippen LogP contribution in [0, 0.1) is 0 Å². The maximum absolute atomic E-state index is 12.3. The van der Waals surface area contributed by atoms with Crippen molar-refractivity contribution in [1.82, 2.24) is 14.1 Å². The summed E-state index contributed by atoms with van der Waals surface area (Å²) in [5.74, 6) is 0. The van der Waals surface area contributed by atoms with Gasteiger partial charge in [-0.2, -0.15) is 0 Å². The van der Waals surface area contributed by atoms with Crippen LogP contribution in [0.2, 0.25) is 0 Å². The van der Waals surface area contributed by atoms with Crippen molar-refractivity contribution in [3.05, 3.63) is 63.1 Å². The first-order chi connectivity index (χ1) is 9.16. The fourth-order valence-electron chi connectivity index (χ4n) is 2.17. The zero-order valence-corrected chi connectivity index (χ0v) is 12.0. The molecule has 3 rings (SSSR count). The van der Waals surface area contributed by atoms with Gasteiger partial charge in [0.25, 0.3) is 0 Å². The van der Waals surface area contributed by atoms with Crippen molar-refractivity contribution >= 4 is 27.1 Å². The van der Waals surface area contributed by atoms with Crippen LogP contribution >= 0.6 is 15.9 Å². The molecule has 0 aliphatic rings. The lowest BCUT2D eigenvalue weighted by Crippen LogP contribution is -2.22. The predicted octanol–water partition coefficient (Wildman–Crippen LogP) is 2.55. The second-order valence-electron chi connectivity index (χ2n) is 4.41. The third-order valence-electron chi connectivity index (χ3n) is 3.12. The Hall–Kier alpha value is -1.88. The summed E-state index contributed by atoms with van der Waals surface area (Å²) >= 11 is 3.40. The molecule has 19 heavy (non-hydrogen) atoms. The quantitative estimate of drug-likeness (QED) is 0.728. The number of imidazole rings is 1. The molecule has 2 heterocycles. The highest BCUT2D eigenvalue weighted by Crippen LogP contribution is 2.17. The largest absolute Gasteiger partial charge is 0.330 e. The Kier molecular flexibility index (Phi) is 2.98. The van der Waals surface area contributed by atoms with Crippen LogP contribution in [0.1, 0.15) is 5.56 Å². The summed E-state index contributed by atoms with van der Waals surface area (Å²) < 4.78 is 4.18. The first-order valence-corrected chi connectivity index (χ1v) is 6.71. The number of nitrogens with zero attached hydrogens (tertiary/aromatic N) is 3. The minimum atomic E-state index is -0.0514. The van der Waals surface area contributed by atoms with Crippen LogP contribution in [-0.4, -0.2) is 14.1 Å². The van der Waals surface area contributed by atoms with E-state index in [0.29, 0.717) is 12.2 Å². The molecule has 4 nitrogen and oxygen atoms in total. The van der Waals surface area contributed by atoms with Crippen molar-refractivity contribution in [2.45, 2.75) is 6.54 Å². The Morgan fingerprint density at radius 2 is 2.00 bits per heavy atom. The Morgan fingerprint density at radius 1 is 1.26 bits per heavy atom. The first-order valence-electron chi connectivity index (χ1n) is 5.91. The van der Waals surface area contributed by atoms with Crippen LogP contribution in [0.3, 0.4) is 0 Å². The van der Waals surface area contributed by atoms with E-state index >= 15 is 0 Å². The molecule has 0 aliphatic carbocycles. The van der Waals surface area contributed by atoms with Crippen molar-refractivity contribution in [3.8, 4) is 0 Å². The second-order valence-corrected chi connectivity index (χ2v) is 5.33. The van der Waals surface area contributed by atoms with Gasteiger partial charge in [0.15, 0.2) is 5.65 Å². The minimum Gasteiger partial charge on any atom is -0.286 e. The highest BCUT2D eigenvalue weighted by molar-refractivity contribution is 9.10. The summed E-state index contributed by atoms with van der Waals surface area (Å²) in [6.07, 6.45) is 1.70. The molecule has 0 N–H and O–H groups in total. The molecule has 0 bridgehead atoms. The lowest BCUT2D eigenvalue weighted by Gasteiger charge is -2.03. The molecule has 0 spiro atoms. The summed E-state index contributed by atoms with van der Waals surface area (Å²) in [6.45, 7) is 0.551. The summed E-state index contributed by atoms with van der Waals surface area (Å²) in [4.78, 5) is 16.6. The average Bonchev–Trinajstić information content (AvgIpc) is 2.65. The van der Waals surface area contributed by atoms with Gasteiger partial charge in [-0.15, -0.1) is 0 Å². The van der Waals surface area contributed by atoms with Gasteiger partial charge in [-0.05, 0) is 27.6 Å². The van der Waals surface area contributed by atoms with Crippen molar-refractivity contribution in [2.24, 2.45) is 7.05 Å². The van der Waals surface area contributed by atoms with Crippen LogP contribution in [-0.2, 0) is 13.6 Å². The van der Waals surface area contributed by atoms with Gasteiger partial charge in [0, 0.05) is 17.7 Å². The number of halogens is 1. The molecule has 0 saturated carbocycles. The van der Waals surface area contributed by atoms with E-state index in [1.54, 1.807) is 22.4 Å². The Morgan fingerprint density at radius 3 is 2.74 bits per heavy atom. The van der Waals surface area contributed by atoms with E-state index in [2.05, 4.69) is 20.9 Å². The van der Waals surface area contributed by atoms with Crippen molar-refractivity contribution in [3.63, 3.8) is 0 Å². The van der Waals surface area contributed by atoms with Gasteiger partial charge >= 0.3 is 5.69 Å². The lowest BCUT2D eigenvalue weighted by atomic mass is 10.2. The maximum Gasteiger partial charge on any atom is 0.330 e. The van der Waals surface area contributed by atoms with Crippen molar-refractivity contribution < 1.29 is 0 Å². The highest BCUT2D eigenvalue weighted by Gasteiger charge is 2.12. The number of aryl methyl sites for hydroxylation is 1. The SMILES string of the molecule is Cn1c(=O)n(Cc2ccccc2)c2cc(Br)cnc21. The molecule has 0 amide bonds. The summed E-state index contributed by atoms with van der Waals surface area (Å²) in [5.41, 5.74) is 2.58. The van der Waals surface area contributed by atoms with Crippen LogP contribution in [0.5, 0.6) is 0 Å². The molecule has 96 valence electrons. The van der Waals surface area contributed by atoms with E-state index in [9.17, 15) is 4.79 Å². The van der Waals surface area contributed by atoms with Crippen LogP contribution < -0.4 is 5.69 Å². The second kappa shape index (κ2) is 4.66. The minimum absolute atomic E-state index is 0.0514. The Bertz CT molecular complexity index is 790. The molecule has 0 atom stereocenters. The highest BCUT2D eigenvalue weighted by atomic mass is 79.9. The maximum atomic E-state index is 12.3. The van der Waals surface area contributed by atoms with E-state index in [1.165, 1.54) is 0 Å². The zero-order valence-electron chi connectivity index (χ0n) is 10.4. The normalized spacial score (nSPS) is 11.1. The van der Waals surface area contributed by atoms with Crippen LogP contribution in [0.25, 0.3) is 11.2 Å². The summed E-state index contributed by atoms with van der Waals surface area (Å²) in [6, 6.07) is 11.9. The number of aromatic nitrogens is 3. The number of rotatable bonds is 2. The van der Waals surface area contributed by atoms with E-state index < -0.39 is 0 Å². The molecule has 5 heteroatoms. The summed E-state index contributed by atoms with van der Waals surface area (Å²) in [7, 11) is 1.74. The number of hydrogen-bond acceptors (Lipinski definition) is 2. The predicted molar refractivity (Wildman–Crippen MR) is 78.2 cm³/mol. The molecule has 0 saturated heterocycles. The van der Waals surface area contributed by atoms with Crippen molar-refractivity contribution in [1.29, 1.82) is 0 Å². The van der Waals surface area contributed by atoms with E-state index in [0.717, 1.165) is 15.6 Å². The molecule has 1 aromatic carbocycles. The third kappa shape index (κ3) is 2.10. The van der Waals surface area contributed by atoms with Gasteiger partial charge in [0.05, 0.1) is 12.1 Å². The average molecular weight is 318 g/mol. The molecule has 3 aromatic rings. The molecular weight excluding hydrogens is 306 g/mol. The Labute approximate surface area is 118 Å². The van der Waals surface area contributed by atoms with E-state index in [4.69, 9.17) is 0 Å². The number of fused-ring (bicyclic) bond motifs is 1. The lowest BCUT2D eigenvalue weighted by molar-refractivity contribution is 0.734. The Balaban J connectivity index is 2.20. The topological polar surface area (TPSA) is 39.8 Å². The fourth-order valence-corrected chi connectivity index (χ4v) is 2.49. The number of hydrogen-bond donors (Lipinski definition) is 0. The van der Waals surface area contributed by atoms with Gasteiger partial charge in [0.2, 0.25) is 0 Å². The zero-order chi connectivity index (χ0) is 13.4. The standard InChI is InChI=1S/C14H12BrN3O/c1-17-13-12(7-11(15)8-16-13)18(14(17)19)9-10-5-3-2-4-6-10/h2-8H,9H2,1H3. The molecule has 0 aliphatic heterocycles. The fraction of sp³-hybridized carbons (Fsp3) is 0.143. The van der Waals surface area contributed by atoms with E-state index in [-0.39, 0.29) is 5.69 Å².